The third-order valence-corrected chi connectivity index (χ3v) is 7.51. The van der Waals surface area contributed by atoms with Crippen molar-refractivity contribution in [2.75, 3.05) is 14.1 Å². The van der Waals surface area contributed by atoms with Crippen molar-refractivity contribution < 1.29 is 18.2 Å². The Labute approximate surface area is 197 Å². The number of halogens is 1. The number of aryl methyl sites for hydroxylation is 2. The predicted molar refractivity (Wildman–Crippen MR) is 131 cm³/mol. The standard InChI is InChI=1S/C14H16N.C12H13P.ClH.Pd/c1-11(15(2)3)13-10-6-8-12-7-4-5-9-14(12)13;1-10-8-13(9-11(10)2)12-6-4-3-5-7-12;;/h4-9,11H,1-3H3;3-9H,1-2H3;1H;/q-1;;;+2/p-1/t11-;;;/m1.../s1. The van der Waals surface area contributed by atoms with E-state index in [1.54, 1.807) is 0 Å². The topological polar surface area (TPSA) is 3.24 Å². The average Bonchev–Trinajstić information content (AvgIpc) is 3.13. The molecule has 0 unspecified atom stereocenters. The number of nitrogens with zero attached hydrogens (tertiary/aromatic N) is 1. The van der Waals surface area contributed by atoms with Crippen LogP contribution in [0.2, 0.25) is 0 Å². The van der Waals surface area contributed by atoms with Gasteiger partial charge in [-0.1, -0.05) is 56.1 Å². The summed E-state index contributed by atoms with van der Waals surface area (Å²) in [6.07, 6.45) is 0. The van der Waals surface area contributed by atoms with E-state index in [-0.39, 0.29) is 7.53 Å². The summed E-state index contributed by atoms with van der Waals surface area (Å²) in [5.74, 6) is 4.78. The molecule has 0 N–H and O–H groups in total. The molecule has 4 rings (SSSR count). The molecule has 1 nitrogen and oxygen atoms in total. The summed E-state index contributed by atoms with van der Waals surface area (Å²) in [4.78, 5) is 2.21. The van der Waals surface area contributed by atoms with Crippen LogP contribution in [0.5, 0.6) is 0 Å². The summed E-state index contributed by atoms with van der Waals surface area (Å²) in [7, 11) is 8.54. The van der Waals surface area contributed by atoms with Gasteiger partial charge in [-0.15, -0.1) is 22.4 Å². The molecule has 0 saturated heterocycles. The summed E-state index contributed by atoms with van der Waals surface area (Å²) < 4.78 is 0. The van der Waals surface area contributed by atoms with Gasteiger partial charge >= 0.3 is 27.7 Å². The van der Waals surface area contributed by atoms with Gasteiger partial charge in [0.15, 0.2) is 0 Å². The molecule has 3 aromatic carbocycles. The van der Waals surface area contributed by atoms with Crippen LogP contribution in [0.4, 0.5) is 0 Å². The fraction of sp³-hybridized carbons (Fsp3) is 0.231. The van der Waals surface area contributed by atoms with E-state index in [9.17, 15) is 0 Å². The first kappa shape index (κ1) is 24.9. The van der Waals surface area contributed by atoms with E-state index in [0.29, 0.717) is 6.04 Å². The second kappa shape index (κ2) is 12.5. The third kappa shape index (κ3) is 6.55. The Morgan fingerprint density at radius 1 is 0.867 bits per heavy atom. The molecule has 1 atom stereocenters. The van der Waals surface area contributed by atoms with Crippen LogP contribution in [0.25, 0.3) is 16.1 Å². The summed E-state index contributed by atoms with van der Waals surface area (Å²) in [5.41, 5.74) is 4.16. The third-order valence-electron chi connectivity index (χ3n) is 5.29. The maximum absolute atomic E-state index is 4.49. The fourth-order valence-electron chi connectivity index (χ4n) is 3.20. The molecule has 0 saturated carbocycles. The number of rotatable bonds is 3. The fourth-order valence-corrected chi connectivity index (χ4v) is 5.33. The van der Waals surface area contributed by atoms with Crippen molar-refractivity contribution in [1.82, 2.24) is 4.90 Å². The first-order valence-corrected chi connectivity index (χ1v) is 13.3. The van der Waals surface area contributed by atoms with Crippen molar-refractivity contribution in [3.05, 3.63) is 101 Å². The van der Waals surface area contributed by atoms with Crippen LogP contribution < -0.4 is 0 Å². The van der Waals surface area contributed by atoms with Gasteiger partial charge < -0.3 is 4.90 Å². The first-order valence-electron chi connectivity index (χ1n) is 9.85. The van der Waals surface area contributed by atoms with Crippen LogP contribution in [0, 0.1) is 19.9 Å². The maximum atomic E-state index is 4.49. The molecule has 4 aromatic rings. The molecule has 0 spiro atoms. The molecule has 30 heavy (non-hydrogen) atoms. The number of fused-ring (bicyclic) bond motifs is 1. The van der Waals surface area contributed by atoms with Gasteiger partial charge in [0.2, 0.25) is 0 Å². The van der Waals surface area contributed by atoms with Crippen LogP contribution in [0.3, 0.4) is 0 Å². The monoisotopic (exact) mass is 527 g/mol. The van der Waals surface area contributed by atoms with Gasteiger partial charge in [0, 0.05) is 6.04 Å². The van der Waals surface area contributed by atoms with Gasteiger partial charge in [-0.3, -0.25) is 0 Å². The summed E-state index contributed by atoms with van der Waals surface area (Å²) in [6, 6.07) is 27.1. The molecule has 4 heteroatoms. The Bertz CT molecular complexity index is 1020. The van der Waals surface area contributed by atoms with Crippen molar-refractivity contribution in [2.24, 2.45) is 0 Å². The van der Waals surface area contributed by atoms with Crippen LogP contribution in [0.1, 0.15) is 29.7 Å². The zero-order valence-corrected chi connectivity index (χ0v) is 21.4. The van der Waals surface area contributed by atoms with Gasteiger partial charge in [-0.05, 0) is 62.9 Å². The predicted octanol–water partition coefficient (Wildman–Crippen LogP) is 8.23. The van der Waals surface area contributed by atoms with E-state index < -0.39 is 0 Å². The van der Waals surface area contributed by atoms with E-state index >= 15 is 0 Å². The Morgan fingerprint density at radius 2 is 1.43 bits per heavy atom. The van der Waals surface area contributed by atoms with Crippen LogP contribution in [-0.4, -0.2) is 19.0 Å². The molecule has 0 radical (unpaired) electrons. The minimum absolute atomic E-state index is 0.143. The van der Waals surface area contributed by atoms with Crippen molar-refractivity contribution in [1.29, 1.82) is 0 Å². The Kier molecular flexibility index (Phi) is 10.3. The van der Waals surface area contributed by atoms with Crippen molar-refractivity contribution in [3.63, 3.8) is 0 Å². The van der Waals surface area contributed by atoms with E-state index in [1.165, 1.54) is 32.8 Å². The molecule has 0 aliphatic heterocycles. The molecule has 0 aliphatic carbocycles. The molecule has 0 fully saturated rings. The second-order valence-corrected chi connectivity index (χ2v) is 9.33. The molecule has 1 heterocycles. The van der Waals surface area contributed by atoms with E-state index in [2.05, 4.69) is 146 Å². The number of hydrogen-bond acceptors (Lipinski definition) is 1. The minimum atomic E-state index is -0.143. The van der Waals surface area contributed by atoms with Gasteiger partial charge in [-0.25, -0.2) is 0 Å². The summed E-state index contributed by atoms with van der Waals surface area (Å²) >= 11 is 2.22. The zero-order chi connectivity index (χ0) is 22.1. The van der Waals surface area contributed by atoms with E-state index in [0.717, 1.165) is 0 Å². The van der Waals surface area contributed by atoms with Gasteiger partial charge in [0.05, 0.1) is 0 Å². The van der Waals surface area contributed by atoms with Crippen LogP contribution in [-0.2, 0) is 18.2 Å². The van der Waals surface area contributed by atoms with E-state index in [4.69, 9.17) is 0 Å². The zero-order valence-electron chi connectivity index (χ0n) is 18.2. The van der Waals surface area contributed by atoms with Crippen molar-refractivity contribution >= 4 is 27.8 Å². The summed E-state index contributed by atoms with van der Waals surface area (Å²) in [6.45, 7) is 6.59. The number of benzene rings is 3. The molecule has 0 amide bonds. The van der Waals surface area contributed by atoms with E-state index in [1.807, 2.05) is 6.07 Å². The van der Waals surface area contributed by atoms with Crippen LogP contribution >= 0.6 is 17.1 Å². The Balaban J connectivity index is 0.000000199. The molecule has 0 aliphatic rings. The summed E-state index contributed by atoms with van der Waals surface area (Å²) in [5, 5.41) is 4.05. The molecular weight excluding hydrogens is 499 g/mol. The first-order chi connectivity index (χ1) is 14.5. The quantitative estimate of drug-likeness (QED) is 0.191. The SMILES string of the molecule is C[C@H](c1[c-]ccc2ccccc12)N(C)C.Cc1cp(-c2ccccc2)cc1C.[Cl][Pd+]. The normalized spacial score (nSPS) is 11.4. The molecule has 160 valence electrons. The molecule has 0 bridgehead atoms. The molecule has 1 aromatic heterocycles. The van der Waals surface area contributed by atoms with Crippen molar-refractivity contribution in [3.8, 4) is 5.30 Å². The average molecular weight is 528 g/mol. The van der Waals surface area contributed by atoms with Crippen molar-refractivity contribution in [2.45, 2.75) is 26.8 Å². The van der Waals surface area contributed by atoms with Crippen LogP contribution in [0.15, 0.2) is 78.3 Å². The Morgan fingerprint density at radius 3 is 2.03 bits per heavy atom. The second-order valence-electron chi connectivity index (χ2n) is 7.49. The number of hydrogen-bond donors (Lipinski definition) is 0. The van der Waals surface area contributed by atoms with Gasteiger partial charge in [0.25, 0.3) is 0 Å². The molecular formula is C26H29ClNPPd. The van der Waals surface area contributed by atoms with Gasteiger partial charge in [-0.2, -0.15) is 18.2 Å². The Hall–Kier alpha value is -1.39. The van der Waals surface area contributed by atoms with Gasteiger partial charge in [0.1, 0.15) is 0 Å².